The standard InChI is InChI=1S/C20H15F2NO3/c1-2-25-19(24)10-9-15-16(21)6-4-8-18(15)26-14-11-13-5-3-7-17(22)20(13)23-12-14/h3-12H,2H2,1H3/b10-9+. The highest BCUT2D eigenvalue weighted by Crippen LogP contribution is 2.30. The number of carbonyl (C=O) groups is 1. The van der Waals surface area contributed by atoms with Gasteiger partial charge in [0.1, 0.15) is 28.7 Å². The third-order valence-electron chi connectivity index (χ3n) is 3.55. The molecule has 0 saturated carbocycles. The molecule has 3 rings (SSSR count). The number of hydrogen-bond donors (Lipinski definition) is 0. The molecule has 0 radical (unpaired) electrons. The van der Waals surface area contributed by atoms with Crippen molar-refractivity contribution >= 4 is 22.9 Å². The molecule has 6 heteroatoms. The van der Waals surface area contributed by atoms with E-state index < -0.39 is 17.6 Å². The summed E-state index contributed by atoms with van der Waals surface area (Å²) in [5.74, 6) is -1.05. The van der Waals surface area contributed by atoms with Gasteiger partial charge in [0.15, 0.2) is 0 Å². The van der Waals surface area contributed by atoms with Crippen molar-refractivity contribution in [1.82, 2.24) is 4.98 Å². The number of pyridine rings is 1. The van der Waals surface area contributed by atoms with Gasteiger partial charge in [-0.3, -0.25) is 0 Å². The zero-order valence-corrected chi connectivity index (χ0v) is 13.9. The van der Waals surface area contributed by atoms with Gasteiger partial charge in [-0.25, -0.2) is 18.6 Å². The molecule has 0 bridgehead atoms. The Morgan fingerprint density at radius 3 is 2.73 bits per heavy atom. The first kappa shape index (κ1) is 17.5. The minimum Gasteiger partial charge on any atom is -0.463 e. The number of hydrogen-bond acceptors (Lipinski definition) is 4. The summed E-state index contributed by atoms with van der Waals surface area (Å²) in [7, 11) is 0. The maximum atomic E-state index is 14.1. The number of halogens is 2. The molecule has 0 amide bonds. The molecule has 3 aromatic rings. The Bertz CT molecular complexity index is 986. The fourth-order valence-electron chi connectivity index (χ4n) is 2.40. The van der Waals surface area contributed by atoms with Crippen LogP contribution in [0.25, 0.3) is 17.0 Å². The van der Waals surface area contributed by atoms with Crippen molar-refractivity contribution in [3.8, 4) is 11.5 Å². The predicted molar refractivity (Wildman–Crippen MR) is 93.8 cm³/mol. The highest BCUT2D eigenvalue weighted by atomic mass is 19.1. The second-order valence-corrected chi connectivity index (χ2v) is 5.32. The topological polar surface area (TPSA) is 48.4 Å². The smallest absolute Gasteiger partial charge is 0.330 e. The number of rotatable bonds is 5. The summed E-state index contributed by atoms with van der Waals surface area (Å²) >= 11 is 0. The zero-order valence-electron chi connectivity index (χ0n) is 13.9. The normalized spacial score (nSPS) is 11.0. The summed E-state index contributed by atoms with van der Waals surface area (Å²) in [6.07, 6.45) is 3.77. The molecule has 0 spiro atoms. The van der Waals surface area contributed by atoms with E-state index in [1.54, 1.807) is 31.2 Å². The van der Waals surface area contributed by atoms with E-state index in [-0.39, 0.29) is 23.4 Å². The quantitative estimate of drug-likeness (QED) is 0.483. The monoisotopic (exact) mass is 355 g/mol. The van der Waals surface area contributed by atoms with Crippen molar-refractivity contribution in [2.75, 3.05) is 6.61 Å². The van der Waals surface area contributed by atoms with Crippen LogP contribution >= 0.6 is 0 Å². The summed E-state index contributed by atoms with van der Waals surface area (Å²) in [5.41, 5.74) is 0.321. The van der Waals surface area contributed by atoms with E-state index in [1.165, 1.54) is 30.5 Å². The number of ether oxygens (including phenoxy) is 2. The Morgan fingerprint density at radius 2 is 1.92 bits per heavy atom. The van der Waals surface area contributed by atoms with Gasteiger partial charge in [0, 0.05) is 11.5 Å². The van der Waals surface area contributed by atoms with Crippen LogP contribution in [-0.2, 0) is 9.53 Å². The number of benzene rings is 2. The van der Waals surface area contributed by atoms with Crippen LogP contribution in [0.1, 0.15) is 12.5 Å². The number of para-hydroxylation sites is 1. The molecule has 0 unspecified atom stereocenters. The van der Waals surface area contributed by atoms with E-state index in [0.29, 0.717) is 11.1 Å². The molecule has 26 heavy (non-hydrogen) atoms. The molecule has 2 aromatic carbocycles. The van der Waals surface area contributed by atoms with Crippen molar-refractivity contribution in [2.24, 2.45) is 0 Å². The van der Waals surface area contributed by atoms with Crippen LogP contribution in [0.15, 0.2) is 54.7 Å². The Labute approximate surface area is 148 Å². The van der Waals surface area contributed by atoms with Gasteiger partial charge in [-0.2, -0.15) is 0 Å². The zero-order chi connectivity index (χ0) is 18.5. The first-order valence-electron chi connectivity index (χ1n) is 7.94. The largest absolute Gasteiger partial charge is 0.463 e. The van der Waals surface area contributed by atoms with E-state index in [4.69, 9.17) is 9.47 Å². The van der Waals surface area contributed by atoms with Crippen LogP contribution in [0.2, 0.25) is 0 Å². The maximum Gasteiger partial charge on any atom is 0.330 e. The first-order valence-corrected chi connectivity index (χ1v) is 7.94. The Morgan fingerprint density at radius 1 is 1.15 bits per heavy atom. The second kappa shape index (κ2) is 7.74. The van der Waals surface area contributed by atoms with Crippen molar-refractivity contribution in [1.29, 1.82) is 0 Å². The number of aromatic nitrogens is 1. The highest BCUT2D eigenvalue weighted by molar-refractivity contribution is 5.87. The molecule has 0 atom stereocenters. The minimum atomic E-state index is -0.579. The van der Waals surface area contributed by atoms with Crippen LogP contribution in [0, 0.1) is 11.6 Å². The summed E-state index contributed by atoms with van der Waals surface area (Å²) in [6.45, 7) is 1.90. The Kier molecular flexibility index (Phi) is 5.22. The van der Waals surface area contributed by atoms with Crippen LogP contribution < -0.4 is 4.74 Å². The lowest BCUT2D eigenvalue weighted by Crippen LogP contribution is -1.99. The maximum absolute atomic E-state index is 14.1. The van der Waals surface area contributed by atoms with Crippen LogP contribution in [0.5, 0.6) is 11.5 Å². The third-order valence-corrected chi connectivity index (χ3v) is 3.55. The average molecular weight is 355 g/mol. The molecular weight excluding hydrogens is 340 g/mol. The van der Waals surface area contributed by atoms with Gasteiger partial charge in [-0.05, 0) is 37.3 Å². The molecule has 0 aliphatic heterocycles. The van der Waals surface area contributed by atoms with Gasteiger partial charge in [-0.15, -0.1) is 0 Å². The lowest BCUT2D eigenvalue weighted by molar-refractivity contribution is -0.137. The molecule has 132 valence electrons. The van der Waals surface area contributed by atoms with Gasteiger partial charge in [0.2, 0.25) is 0 Å². The molecule has 0 N–H and O–H groups in total. The molecule has 0 saturated heterocycles. The Balaban J connectivity index is 1.93. The van der Waals surface area contributed by atoms with E-state index >= 15 is 0 Å². The molecule has 0 aliphatic carbocycles. The second-order valence-electron chi connectivity index (χ2n) is 5.32. The average Bonchev–Trinajstić information content (AvgIpc) is 2.61. The summed E-state index contributed by atoms with van der Waals surface area (Å²) in [6, 6.07) is 10.5. The van der Waals surface area contributed by atoms with Gasteiger partial charge >= 0.3 is 5.97 Å². The minimum absolute atomic E-state index is 0.0971. The fraction of sp³-hybridized carbons (Fsp3) is 0.100. The van der Waals surface area contributed by atoms with E-state index in [2.05, 4.69) is 4.98 Å². The molecule has 0 aliphatic rings. The Hall–Kier alpha value is -3.28. The van der Waals surface area contributed by atoms with E-state index in [1.807, 2.05) is 0 Å². The van der Waals surface area contributed by atoms with E-state index in [0.717, 1.165) is 6.08 Å². The first-order chi connectivity index (χ1) is 12.6. The van der Waals surface area contributed by atoms with Crippen molar-refractivity contribution in [3.05, 3.63) is 71.9 Å². The lowest BCUT2D eigenvalue weighted by Gasteiger charge is -2.10. The molecule has 0 fully saturated rings. The molecule has 4 nitrogen and oxygen atoms in total. The summed E-state index contributed by atoms with van der Waals surface area (Å²) < 4.78 is 38.3. The predicted octanol–water partition coefficient (Wildman–Crippen LogP) is 4.88. The van der Waals surface area contributed by atoms with Crippen LogP contribution in [0.4, 0.5) is 8.78 Å². The van der Waals surface area contributed by atoms with Crippen molar-refractivity contribution < 1.29 is 23.0 Å². The number of carbonyl (C=O) groups excluding carboxylic acids is 1. The molecule has 1 heterocycles. The van der Waals surface area contributed by atoms with Gasteiger partial charge in [-0.1, -0.05) is 18.2 Å². The summed E-state index contributed by atoms with van der Waals surface area (Å²) in [5, 5.41) is 0.558. The number of esters is 1. The SMILES string of the molecule is CCOC(=O)/C=C/c1c(F)cccc1Oc1cnc2c(F)cccc2c1. The number of fused-ring (bicyclic) bond motifs is 1. The molecule has 1 aromatic heterocycles. The van der Waals surface area contributed by atoms with Crippen molar-refractivity contribution in [2.45, 2.75) is 6.92 Å². The summed E-state index contributed by atoms with van der Waals surface area (Å²) in [4.78, 5) is 15.5. The van der Waals surface area contributed by atoms with Gasteiger partial charge in [0.05, 0.1) is 18.4 Å². The van der Waals surface area contributed by atoms with Gasteiger partial charge < -0.3 is 9.47 Å². The van der Waals surface area contributed by atoms with Crippen molar-refractivity contribution in [3.63, 3.8) is 0 Å². The number of nitrogens with zero attached hydrogens (tertiary/aromatic N) is 1. The lowest BCUT2D eigenvalue weighted by atomic mass is 10.1. The van der Waals surface area contributed by atoms with Crippen LogP contribution in [-0.4, -0.2) is 17.6 Å². The van der Waals surface area contributed by atoms with Crippen LogP contribution in [0.3, 0.4) is 0 Å². The highest BCUT2D eigenvalue weighted by Gasteiger charge is 2.10. The fourth-order valence-corrected chi connectivity index (χ4v) is 2.40. The van der Waals surface area contributed by atoms with Gasteiger partial charge in [0.25, 0.3) is 0 Å². The third kappa shape index (κ3) is 3.85. The van der Waals surface area contributed by atoms with E-state index in [9.17, 15) is 13.6 Å². The molecular formula is C20H15F2NO3.